The molecule has 0 aliphatic carbocycles. The maximum Gasteiger partial charge on any atom is 0.309 e. The van der Waals surface area contributed by atoms with E-state index in [-0.39, 0.29) is 11.5 Å². The fourth-order valence-corrected chi connectivity index (χ4v) is 2.68. The minimum atomic E-state index is -0.738. The van der Waals surface area contributed by atoms with Crippen LogP contribution in [0.25, 0.3) is 11.3 Å². The van der Waals surface area contributed by atoms with Crippen LogP contribution in [0.15, 0.2) is 42.6 Å². The molecule has 1 aromatic carbocycles. The van der Waals surface area contributed by atoms with Crippen LogP contribution in [0.4, 0.5) is 0 Å². The molecule has 0 aliphatic rings. The van der Waals surface area contributed by atoms with Crippen molar-refractivity contribution >= 4 is 5.97 Å². The van der Waals surface area contributed by atoms with Crippen molar-refractivity contribution in [1.82, 2.24) is 9.78 Å². The lowest BCUT2D eigenvalue weighted by Gasteiger charge is -2.31. The maximum atomic E-state index is 11.4. The van der Waals surface area contributed by atoms with Crippen LogP contribution in [0.5, 0.6) is 0 Å². The van der Waals surface area contributed by atoms with Crippen molar-refractivity contribution in [2.45, 2.75) is 53.0 Å². The second-order valence-electron chi connectivity index (χ2n) is 7.79. The van der Waals surface area contributed by atoms with E-state index >= 15 is 0 Å². The number of aliphatic carboxylic acids is 1. The summed E-state index contributed by atoms with van der Waals surface area (Å²) in [7, 11) is 0. The maximum absolute atomic E-state index is 11.4. The van der Waals surface area contributed by atoms with Gasteiger partial charge in [0.25, 0.3) is 0 Å². The Kier molecular flexibility index (Phi) is 5.16. The van der Waals surface area contributed by atoms with Gasteiger partial charge in [-0.15, -0.1) is 0 Å². The van der Waals surface area contributed by atoms with Gasteiger partial charge in [-0.1, -0.05) is 37.3 Å². The summed E-state index contributed by atoms with van der Waals surface area (Å²) >= 11 is 0. The first-order valence-corrected chi connectivity index (χ1v) is 8.49. The Morgan fingerprint density at radius 2 is 1.79 bits per heavy atom. The average molecular weight is 328 g/mol. The van der Waals surface area contributed by atoms with Gasteiger partial charge in [0.05, 0.1) is 16.6 Å². The van der Waals surface area contributed by atoms with Gasteiger partial charge in [0.1, 0.15) is 0 Å². The Morgan fingerprint density at radius 3 is 2.38 bits per heavy atom. The lowest BCUT2D eigenvalue weighted by atomic mass is 9.76. The Labute approximate surface area is 144 Å². The summed E-state index contributed by atoms with van der Waals surface area (Å²) in [6, 6.07) is 12.1. The van der Waals surface area contributed by atoms with E-state index in [0.717, 1.165) is 24.1 Å². The van der Waals surface area contributed by atoms with Gasteiger partial charge in [-0.2, -0.15) is 5.10 Å². The molecule has 4 nitrogen and oxygen atoms in total. The SMILES string of the molecule is CC(CCC(C)(C)n1ccc(-c2ccccc2)n1)C(C)(C)C(=O)O. The number of aromatic nitrogens is 2. The minimum Gasteiger partial charge on any atom is -0.481 e. The average Bonchev–Trinajstić information content (AvgIpc) is 3.04. The highest BCUT2D eigenvalue weighted by molar-refractivity contribution is 5.73. The van der Waals surface area contributed by atoms with Crippen LogP contribution in [-0.4, -0.2) is 20.9 Å². The first kappa shape index (κ1) is 18.2. The summed E-state index contributed by atoms with van der Waals surface area (Å²) in [5.74, 6) is -0.642. The number of rotatable bonds is 7. The molecule has 1 aromatic heterocycles. The molecule has 2 rings (SSSR count). The smallest absolute Gasteiger partial charge is 0.309 e. The first-order valence-electron chi connectivity index (χ1n) is 8.49. The number of carbonyl (C=O) groups is 1. The fourth-order valence-electron chi connectivity index (χ4n) is 2.68. The van der Waals surface area contributed by atoms with Gasteiger partial charge < -0.3 is 5.11 Å². The van der Waals surface area contributed by atoms with Crippen LogP contribution in [0.3, 0.4) is 0 Å². The fraction of sp³-hybridized carbons (Fsp3) is 0.500. The summed E-state index contributed by atoms with van der Waals surface area (Å²) in [6.45, 7) is 9.91. The molecule has 1 N–H and O–H groups in total. The lowest BCUT2D eigenvalue weighted by molar-refractivity contribution is -0.150. The van der Waals surface area contributed by atoms with Crippen LogP contribution in [-0.2, 0) is 10.3 Å². The third-order valence-corrected chi connectivity index (χ3v) is 5.25. The van der Waals surface area contributed by atoms with Crippen molar-refractivity contribution < 1.29 is 9.90 Å². The van der Waals surface area contributed by atoms with E-state index in [4.69, 9.17) is 5.10 Å². The van der Waals surface area contributed by atoms with Gasteiger partial charge >= 0.3 is 5.97 Å². The third-order valence-electron chi connectivity index (χ3n) is 5.25. The number of carboxylic acids is 1. The molecule has 24 heavy (non-hydrogen) atoms. The molecule has 0 radical (unpaired) electrons. The molecule has 1 unspecified atom stereocenters. The molecule has 0 saturated heterocycles. The van der Waals surface area contributed by atoms with E-state index < -0.39 is 11.4 Å². The molecule has 0 saturated carbocycles. The topological polar surface area (TPSA) is 55.1 Å². The number of hydrogen-bond donors (Lipinski definition) is 1. The zero-order valence-electron chi connectivity index (χ0n) is 15.3. The summed E-state index contributed by atoms with van der Waals surface area (Å²) < 4.78 is 2.00. The minimum absolute atomic E-state index is 0.0958. The van der Waals surface area contributed by atoms with E-state index in [1.165, 1.54) is 0 Å². The number of nitrogens with zero attached hydrogens (tertiary/aromatic N) is 2. The Morgan fingerprint density at radius 1 is 1.17 bits per heavy atom. The van der Waals surface area contributed by atoms with Crippen molar-refractivity contribution in [3.8, 4) is 11.3 Å². The van der Waals surface area contributed by atoms with Crippen molar-refractivity contribution in [2.75, 3.05) is 0 Å². The summed E-state index contributed by atoms with van der Waals surface area (Å²) in [6.07, 6.45) is 3.73. The molecular weight excluding hydrogens is 300 g/mol. The van der Waals surface area contributed by atoms with Crippen LogP contribution < -0.4 is 0 Å². The predicted octanol–water partition coefficient (Wildman–Crippen LogP) is 4.81. The zero-order valence-corrected chi connectivity index (χ0v) is 15.3. The molecular formula is C20H28N2O2. The van der Waals surface area contributed by atoms with Gasteiger partial charge in [0.15, 0.2) is 0 Å². The molecule has 4 heteroatoms. The standard InChI is InChI=1S/C20H28N2O2/c1-15(20(4,5)18(23)24)11-13-19(2,3)22-14-12-17(21-22)16-9-7-6-8-10-16/h6-10,12,14-15H,11,13H2,1-5H3,(H,23,24). The Balaban J connectivity index is 2.08. The molecule has 1 atom stereocenters. The highest BCUT2D eigenvalue weighted by Gasteiger charge is 2.35. The number of hydrogen-bond acceptors (Lipinski definition) is 2. The molecule has 1 heterocycles. The van der Waals surface area contributed by atoms with E-state index in [9.17, 15) is 9.90 Å². The van der Waals surface area contributed by atoms with Crippen LogP contribution in [0.1, 0.15) is 47.5 Å². The zero-order chi connectivity index (χ0) is 18.0. The first-order chi connectivity index (χ1) is 11.1. The molecule has 2 aromatic rings. The van der Waals surface area contributed by atoms with E-state index in [1.807, 2.05) is 42.1 Å². The molecule has 0 fully saturated rings. The molecule has 0 spiro atoms. The third kappa shape index (κ3) is 3.86. The molecule has 130 valence electrons. The quantitative estimate of drug-likeness (QED) is 0.793. The normalized spacial score (nSPS) is 13.7. The number of benzene rings is 1. The lowest BCUT2D eigenvalue weighted by Crippen LogP contribution is -2.34. The van der Waals surface area contributed by atoms with Gasteiger partial charge in [-0.05, 0) is 52.5 Å². The Bertz CT molecular complexity index is 687. The Hall–Kier alpha value is -2.10. The van der Waals surface area contributed by atoms with E-state index in [0.29, 0.717) is 0 Å². The molecule has 0 aliphatic heterocycles. The van der Waals surface area contributed by atoms with Gasteiger partial charge in [-0.3, -0.25) is 9.48 Å². The number of carboxylic acid groups (broad SMARTS) is 1. The second kappa shape index (κ2) is 6.80. The van der Waals surface area contributed by atoms with Crippen molar-refractivity contribution in [1.29, 1.82) is 0 Å². The summed E-state index contributed by atoms with van der Waals surface area (Å²) in [5, 5.41) is 14.1. The van der Waals surface area contributed by atoms with Crippen molar-refractivity contribution in [2.24, 2.45) is 11.3 Å². The molecule has 0 amide bonds. The van der Waals surface area contributed by atoms with Gasteiger partial charge in [0.2, 0.25) is 0 Å². The van der Waals surface area contributed by atoms with Crippen LogP contribution in [0.2, 0.25) is 0 Å². The molecule has 0 bridgehead atoms. The van der Waals surface area contributed by atoms with Crippen LogP contribution >= 0.6 is 0 Å². The van der Waals surface area contributed by atoms with Crippen LogP contribution in [0, 0.1) is 11.3 Å². The van der Waals surface area contributed by atoms with Crippen molar-refractivity contribution in [3.63, 3.8) is 0 Å². The van der Waals surface area contributed by atoms with E-state index in [2.05, 4.69) is 26.0 Å². The van der Waals surface area contributed by atoms with Crippen molar-refractivity contribution in [3.05, 3.63) is 42.6 Å². The highest BCUT2D eigenvalue weighted by Crippen LogP contribution is 2.34. The second-order valence-corrected chi connectivity index (χ2v) is 7.79. The van der Waals surface area contributed by atoms with E-state index in [1.54, 1.807) is 13.8 Å². The monoisotopic (exact) mass is 328 g/mol. The summed E-state index contributed by atoms with van der Waals surface area (Å²) in [4.78, 5) is 11.4. The van der Waals surface area contributed by atoms with Gasteiger partial charge in [0, 0.05) is 11.8 Å². The predicted molar refractivity (Wildman–Crippen MR) is 96.8 cm³/mol. The van der Waals surface area contributed by atoms with Gasteiger partial charge in [-0.25, -0.2) is 0 Å². The highest BCUT2D eigenvalue weighted by atomic mass is 16.4. The summed E-state index contributed by atoms with van der Waals surface area (Å²) in [5.41, 5.74) is 1.20. The largest absolute Gasteiger partial charge is 0.481 e.